The molecule has 0 bridgehead atoms. The molecular formula is C23H20N2O4. The molecule has 1 aromatic heterocycles. The Morgan fingerprint density at radius 1 is 0.862 bits per heavy atom. The van der Waals surface area contributed by atoms with Gasteiger partial charge in [-0.2, -0.15) is 0 Å². The first-order valence-electron chi connectivity index (χ1n) is 9.56. The Kier molecular flexibility index (Phi) is 4.03. The highest BCUT2D eigenvalue weighted by Crippen LogP contribution is 2.48. The summed E-state index contributed by atoms with van der Waals surface area (Å²) in [6.07, 6.45) is 0.677. The number of hydrogen-bond donors (Lipinski definition) is 0. The van der Waals surface area contributed by atoms with E-state index in [4.69, 9.17) is 9.25 Å². The molecule has 2 aromatic carbocycles. The van der Waals surface area contributed by atoms with Gasteiger partial charge >= 0.3 is 0 Å². The van der Waals surface area contributed by atoms with Crippen LogP contribution in [-0.2, 0) is 14.4 Å². The predicted octanol–water partition coefficient (Wildman–Crippen LogP) is 3.95. The van der Waals surface area contributed by atoms with E-state index in [9.17, 15) is 9.59 Å². The van der Waals surface area contributed by atoms with Crippen LogP contribution in [0.1, 0.15) is 22.9 Å². The Morgan fingerprint density at radius 3 is 2.31 bits per heavy atom. The zero-order valence-corrected chi connectivity index (χ0v) is 16.1. The van der Waals surface area contributed by atoms with Gasteiger partial charge in [-0.25, -0.2) is 9.96 Å². The fourth-order valence-electron chi connectivity index (χ4n) is 4.13. The van der Waals surface area contributed by atoms with Crippen molar-refractivity contribution in [1.29, 1.82) is 0 Å². The summed E-state index contributed by atoms with van der Waals surface area (Å²) in [6, 6.07) is 18.1. The number of para-hydroxylation sites is 1. The third-order valence-corrected chi connectivity index (χ3v) is 5.60. The normalized spacial score (nSPS) is 23.7. The van der Waals surface area contributed by atoms with Gasteiger partial charge in [-0.1, -0.05) is 35.9 Å². The summed E-state index contributed by atoms with van der Waals surface area (Å²) in [7, 11) is 0. The van der Waals surface area contributed by atoms with Crippen molar-refractivity contribution in [3.63, 3.8) is 0 Å². The molecule has 2 saturated heterocycles. The molecule has 0 radical (unpaired) electrons. The first-order chi connectivity index (χ1) is 14.1. The average Bonchev–Trinajstić information content (AvgIpc) is 3.41. The minimum absolute atomic E-state index is 0.277. The molecule has 0 saturated carbocycles. The topological polar surface area (TPSA) is 63.0 Å². The molecule has 3 aromatic rings. The quantitative estimate of drug-likeness (QED) is 0.636. The Labute approximate surface area is 168 Å². The van der Waals surface area contributed by atoms with Crippen molar-refractivity contribution in [3.05, 3.63) is 83.8 Å². The van der Waals surface area contributed by atoms with Crippen LogP contribution < -0.4 is 9.96 Å². The maximum atomic E-state index is 13.4. The van der Waals surface area contributed by atoms with Gasteiger partial charge in [0.2, 0.25) is 5.91 Å². The van der Waals surface area contributed by atoms with Gasteiger partial charge < -0.3 is 4.42 Å². The number of nitrogens with zero attached hydrogens (tertiary/aromatic N) is 2. The van der Waals surface area contributed by atoms with Gasteiger partial charge in [0.25, 0.3) is 5.91 Å². The molecule has 0 spiro atoms. The fraction of sp³-hybridized carbons (Fsp3) is 0.217. The van der Waals surface area contributed by atoms with Crippen LogP contribution in [0, 0.1) is 19.8 Å². The van der Waals surface area contributed by atoms with E-state index in [0.29, 0.717) is 11.4 Å². The number of imide groups is 1. The van der Waals surface area contributed by atoms with Gasteiger partial charge in [0.1, 0.15) is 17.7 Å². The molecule has 0 N–H and O–H groups in total. The van der Waals surface area contributed by atoms with Gasteiger partial charge in [0.05, 0.1) is 17.6 Å². The van der Waals surface area contributed by atoms with E-state index in [1.165, 1.54) is 4.90 Å². The SMILES string of the molecule is Cc1ccc(N2C(=O)[C@H]3[C@@H](c4ccco4)N(c4ccccc4C)O[C@H]3C2=O)cc1. The zero-order chi connectivity index (χ0) is 20.1. The summed E-state index contributed by atoms with van der Waals surface area (Å²) >= 11 is 0. The first-order valence-corrected chi connectivity index (χ1v) is 9.56. The van der Waals surface area contributed by atoms with Crippen LogP contribution in [0.3, 0.4) is 0 Å². The lowest BCUT2D eigenvalue weighted by Crippen LogP contribution is -2.37. The molecule has 2 fully saturated rings. The van der Waals surface area contributed by atoms with Crippen LogP contribution >= 0.6 is 0 Å². The number of carbonyl (C=O) groups is 2. The van der Waals surface area contributed by atoms with E-state index in [1.807, 2.05) is 56.3 Å². The number of rotatable bonds is 3. The van der Waals surface area contributed by atoms with E-state index in [0.717, 1.165) is 16.8 Å². The summed E-state index contributed by atoms with van der Waals surface area (Å²) < 4.78 is 5.65. The number of amides is 2. The number of carbonyl (C=O) groups excluding carboxylic acids is 2. The monoisotopic (exact) mass is 388 g/mol. The lowest BCUT2D eigenvalue weighted by molar-refractivity contribution is -0.126. The molecule has 146 valence electrons. The van der Waals surface area contributed by atoms with E-state index in [1.54, 1.807) is 29.5 Å². The minimum atomic E-state index is -0.890. The average molecular weight is 388 g/mol. The van der Waals surface area contributed by atoms with Crippen molar-refractivity contribution in [2.45, 2.75) is 26.0 Å². The lowest BCUT2D eigenvalue weighted by atomic mass is 9.94. The number of benzene rings is 2. The van der Waals surface area contributed by atoms with Crippen LogP contribution in [-0.4, -0.2) is 17.9 Å². The van der Waals surface area contributed by atoms with Gasteiger partial charge in [-0.3, -0.25) is 14.4 Å². The molecule has 3 heterocycles. The number of aryl methyl sites for hydroxylation is 2. The molecule has 0 aliphatic carbocycles. The Morgan fingerprint density at radius 2 is 1.62 bits per heavy atom. The summed E-state index contributed by atoms with van der Waals surface area (Å²) in [5.41, 5.74) is 3.41. The molecule has 29 heavy (non-hydrogen) atoms. The summed E-state index contributed by atoms with van der Waals surface area (Å²) in [5.74, 6) is -0.722. The van der Waals surface area contributed by atoms with Crippen molar-refractivity contribution in [2.75, 3.05) is 9.96 Å². The highest BCUT2D eigenvalue weighted by atomic mass is 16.7. The third kappa shape index (κ3) is 2.68. The highest BCUT2D eigenvalue weighted by molar-refractivity contribution is 6.23. The van der Waals surface area contributed by atoms with Crippen molar-refractivity contribution >= 4 is 23.2 Å². The molecule has 3 atom stereocenters. The van der Waals surface area contributed by atoms with Gasteiger partial charge in [0.15, 0.2) is 6.10 Å². The predicted molar refractivity (Wildman–Crippen MR) is 107 cm³/mol. The number of fused-ring (bicyclic) bond motifs is 1. The van der Waals surface area contributed by atoms with Crippen molar-refractivity contribution < 1.29 is 18.8 Å². The standard InChI is InChI=1S/C23H20N2O4/c1-14-9-11-16(12-10-14)24-22(26)19-20(18-8-5-13-28-18)25(29-21(19)23(24)27)17-7-4-3-6-15(17)2/h3-13,19-21H,1-2H3/t19-,20+,21+/m0/s1. The van der Waals surface area contributed by atoms with Crippen molar-refractivity contribution in [3.8, 4) is 0 Å². The smallest absolute Gasteiger partial charge is 0.266 e. The number of hydrogen-bond acceptors (Lipinski definition) is 5. The number of hydroxylamine groups is 1. The summed E-state index contributed by atoms with van der Waals surface area (Å²) in [4.78, 5) is 33.9. The molecule has 2 aliphatic rings. The highest BCUT2D eigenvalue weighted by Gasteiger charge is 2.61. The largest absolute Gasteiger partial charge is 0.467 e. The molecule has 6 heteroatoms. The van der Waals surface area contributed by atoms with Crippen molar-refractivity contribution in [1.82, 2.24) is 0 Å². The molecule has 5 rings (SSSR count). The molecule has 2 aliphatic heterocycles. The maximum Gasteiger partial charge on any atom is 0.266 e. The Bertz CT molecular complexity index is 1070. The van der Waals surface area contributed by atoms with Crippen LogP contribution in [0.5, 0.6) is 0 Å². The molecule has 0 unspecified atom stereocenters. The fourth-order valence-corrected chi connectivity index (χ4v) is 4.13. The Hall–Kier alpha value is -3.38. The zero-order valence-electron chi connectivity index (χ0n) is 16.1. The van der Waals surface area contributed by atoms with E-state index in [-0.39, 0.29) is 11.8 Å². The number of furan rings is 1. The first kappa shape index (κ1) is 17.7. The third-order valence-electron chi connectivity index (χ3n) is 5.60. The minimum Gasteiger partial charge on any atom is -0.467 e. The Balaban J connectivity index is 1.58. The van der Waals surface area contributed by atoms with Crippen LogP contribution in [0.2, 0.25) is 0 Å². The van der Waals surface area contributed by atoms with Crippen LogP contribution in [0.4, 0.5) is 11.4 Å². The molecule has 2 amide bonds. The van der Waals surface area contributed by atoms with Crippen LogP contribution in [0.25, 0.3) is 0 Å². The van der Waals surface area contributed by atoms with E-state index < -0.39 is 18.1 Å². The number of anilines is 2. The summed E-state index contributed by atoms with van der Waals surface area (Å²) in [5, 5.41) is 1.66. The molecular weight excluding hydrogens is 368 g/mol. The van der Waals surface area contributed by atoms with Gasteiger partial charge in [-0.05, 0) is 49.7 Å². The molecule has 6 nitrogen and oxygen atoms in total. The van der Waals surface area contributed by atoms with E-state index in [2.05, 4.69) is 0 Å². The second-order valence-corrected chi connectivity index (χ2v) is 7.47. The van der Waals surface area contributed by atoms with E-state index >= 15 is 0 Å². The summed E-state index contributed by atoms with van der Waals surface area (Å²) in [6.45, 7) is 3.93. The van der Waals surface area contributed by atoms with Crippen molar-refractivity contribution in [2.24, 2.45) is 5.92 Å². The lowest BCUT2D eigenvalue weighted by Gasteiger charge is -2.28. The van der Waals surface area contributed by atoms with Crippen LogP contribution in [0.15, 0.2) is 71.3 Å². The second kappa shape index (κ2) is 6.60. The van der Waals surface area contributed by atoms with Gasteiger partial charge in [0, 0.05) is 0 Å². The maximum absolute atomic E-state index is 13.4. The second-order valence-electron chi connectivity index (χ2n) is 7.47. The van der Waals surface area contributed by atoms with Gasteiger partial charge in [-0.15, -0.1) is 0 Å².